The molecular formula is C13H20FN3O. The fourth-order valence-electron chi connectivity index (χ4n) is 2.22. The fourth-order valence-corrected chi connectivity index (χ4v) is 2.22. The fraction of sp³-hybridized carbons (Fsp3) is 0.538. The number of hydrogen-bond donors (Lipinski definition) is 1. The summed E-state index contributed by atoms with van der Waals surface area (Å²) in [5.74, 6) is -0.235. The monoisotopic (exact) mass is 253 g/mol. The first kappa shape index (κ1) is 13.1. The molecule has 0 unspecified atom stereocenters. The van der Waals surface area contributed by atoms with Crippen molar-refractivity contribution in [3.8, 4) is 0 Å². The zero-order chi connectivity index (χ0) is 13.0. The van der Waals surface area contributed by atoms with Gasteiger partial charge in [-0.25, -0.2) is 4.39 Å². The average Bonchev–Trinajstić information content (AvgIpc) is 2.40. The lowest BCUT2D eigenvalue weighted by molar-refractivity contribution is 0.144. The Morgan fingerprint density at radius 2 is 2.00 bits per heavy atom. The van der Waals surface area contributed by atoms with Crippen molar-refractivity contribution in [2.45, 2.75) is 0 Å². The van der Waals surface area contributed by atoms with Crippen molar-refractivity contribution in [1.29, 1.82) is 0 Å². The van der Waals surface area contributed by atoms with E-state index >= 15 is 0 Å². The Hall–Kier alpha value is -1.33. The first-order valence-corrected chi connectivity index (χ1v) is 6.22. The Balaban J connectivity index is 1.94. The molecule has 0 amide bonds. The van der Waals surface area contributed by atoms with Gasteiger partial charge in [-0.15, -0.1) is 0 Å². The number of nitrogen functional groups attached to an aromatic ring is 1. The van der Waals surface area contributed by atoms with E-state index in [0.717, 1.165) is 45.0 Å². The van der Waals surface area contributed by atoms with Gasteiger partial charge in [-0.3, -0.25) is 4.90 Å². The van der Waals surface area contributed by atoms with Gasteiger partial charge in [0, 0.05) is 39.8 Å². The van der Waals surface area contributed by atoms with E-state index in [1.807, 2.05) is 0 Å². The molecular weight excluding hydrogens is 233 g/mol. The second-order valence-electron chi connectivity index (χ2n) is 4.52. The molecule has 0 aliphatic carbocycles. The van der Waals surface area contributed by atoms with E-state index in [9.17, 15) is 4.39 Å². The summed E-state index contributed by atoms with van der Waals surface area (Å²) in [6.07, 6.45) is 0. The smallest absolute Gasteiger partial charge is 0.125 e. The average molecular weight is 253 g/mol. The molecule has 1 aromatic rings. The lowest BCUT2D eigenvalue weighted by Crippen LogP contribution is -2.47. The normalized spacial score (nSPS) is 17.1. The molecule has 1 aromatic carbocycles. The maximum absolute atomic E-state index is 13.2. The van der Waals surface area contributed by atoms with Crippen molar-refractivity contribution in [3.63, 3.8) is 0 Å². The van der Waals surface area contributed by atoms with E-state index in [-0.39, 0.29) is 5.82 Å². The Labute approximate surface area is 107 Å². The maximum atomic E-state index is 13.2. The zero-order valence-electron chi connectivity index (χ0n) is 10.7. The van der Waals surface area contributed by atoms with E-state index in [0.29, 0.717) is 5.69 Å². The van der Waals surface area contributed by atoms with Crippen LogP contribution >= 0.6 is 0 Å². The third-order valence-electron chi connectivity index (χ3n) is 3.32. The van der Waals surface area contributed by atoms with Gasteiger partial charge in [0.05, 0.1) is 18.0 Å². The van der Waals surface area contributed by atoms with Gasteiger partial charge in [-0.2, -0.15) is 0 Å². The van der Waals surface area contributed by atoms with Gasteiger partial charge in [0.25, 0.3) is 0 Å². The molecule has 1 aliphatic rings. The third-order valence-corrected chi connectivity index (χ3v) is 3.32. The molecule has 100 valence electrons. The number of piperazine rings is 1. The van der Waals surface area contributed by atoms with E-state index in [4.69, 9.17) is 10.5 Å². The number of nitrogens with zero attached hydrogens (tertiary/aromatic N) is 2. The van der Waals surface area contributed by atoms with Gasteiger partial charge in [0.1, 0.15) is 5.82 Å². The molecule has 5 heteroatoms. The summed E-state index contributed by atoms with van der Waals surface area (Å²) in [5.41, 5.74) is 7.34. The van der Waals surface area contributed by atoms with E-state index in [1.54, 1.807) is 13.2 Å². The molecule has 0 saturated carbocycles. The number of hydrogen-bond acceptors (Lipinski definition) is 4. The van der Waals surface area contributed by atoms with Crippen molar-refractivity contribution in [3.05, 3.63) is 24.0 Å². The third kappa shape index (κ3) is 3.11. The highest BCUT2D eigenvalue weighted by atomic mass is 19.1. The van der Waals surface area contributed by atoms with Crippen LogP contribution in [0.3, 0.4) is 0 Å². The minimum Gasteiger partial charge on any atom is -0.397 e. The predicted octanol–water partition coefficient (Wildman–Crippen LogP) is 1.18. The van der Waals surface area contributed by atoms with Crippen LogP contribution < -0.4 is 10.6 Å². The molecule has 0 bridgehead atoms. The lowest BCUT2D eigenvalue weighted by Gasteiger charge is -2.36. The number of ether oxygens (including phenoxy) is 1. The molecule has 1 fully saturated rings. The van der Waals surface area contributed by atoms with Crippen LogP contribution in [0, 0.1) is 5.82 Å². The predicted molar refractivity (Wildman–Crippen MR) is 71.3 cm³/mol. The molecule has 18 heavy (non-hydrogen) atoms. The zero-order valence-corrected chi connectivity index (χ0v) is 10.7. The first-order valence-electron chi connectivity index (χ1n) is 6.22. The molecule has 1 saturated heterocycles. The molecule has 4 nitrogen and oxygen atoms in total. The summed E-state index contributed by atoms with van der Waals surface area (Å²) in [6.45, 7) is 5.36. The van der Waals surface area contributed by atoms with Crippen molar-refractivity contribution in [1.82, 2.24) is 4.90 Å². The summed E-state index contributed by atoms with van der Waals surface area (Å²) >= 11 is 0. The molecule has 1 heterocycles. The number of benzene rings is 1. The number of methoxy groups -OCH3 is 1. The highest BCUT2D eigenvalue weighted by Gasteiger charge is 2.18. The lowest BCUT2D eigenvalue weighted by atomic mass is 10.2. The maximum Gasteiger partial charge on any atom is 0.125 e. The van der Waals surface area contributed by atoms with Crippen LogP contribution in [0.5, 0.6) is 0 Å². The number of anilines is 2. The van der Waals surface area contributed by atoms with Gasteiger partial charge in [0.2, 0.25) is 0 Å². The van der Waals surface area contributed by atoms with Crippen LogP contribution in [0.15, 0.2) is 18.2 Å². The Morgan fingerprint density at radius 3 is 2.67 bits per heavy atom. The largest absolute Gasteiger partial charge is 0.397 e. The number of halogens is 1. The van der Waals surface area contributed by atoms with Crippen LogP contribution in [0.4, 0.5) is 15.8 Å². The minimum absolute atomic E-state index is 0.235. The topological polar surface area (TPSA) is 41.7 Å². The Bertz CT molecular complexity index is 392. The first-order chi connectivity index (χ1) is 8.70. The quantitative estimate of drug-likeness (QED) is 0.818. The summed E-state index contributed by atoms with van der Waals surface area (Å²) in [7, 11) is 1.71. The van der Waals surface area contributed by atoms with Crippen molar-refractivity contribution in [2.75, 3.05) is 57.1 Å². The van der Waals surface area contributed by atoms with Crippen LogP contribution in [0.1, 0.15) is 0 Å². The highest BCUT2D eigenvalue weighted by Crippen LogP contribution is 2.25. The van der Waals surface area contributed by atoms with E-state index in [2.05, 4.69) is 9.80 Å². The molecule has 1 aliphatic heterocycles. The summed E-state index contributed by atoms with van der Waals surface area (Å²) in [6, 6.07) is 4.54. The van der Waals surface area contributed by atoms with Crippen molar-refractivity contribution in [2.24, 2.45) is 0 Å². The van der Waals surface area contributed by atoms with Crippen LogP contribution in [0.25, 0.3) is 0 Å². The van der Waals surface area contributed by atoms with Crippen LogP contribution in [-0.4, -0.2) is 51.3 Å². The van der Waals surface area contributed by atoms with E-state index < -0.39 is 0 Å². The summed E-state index contributed by atoms with van der Waals surface area (Å²) in [5, 5.41) is 0. The molecule has 2 rings (SSSR count). The summed E-state index contributed by atoms with van der Waals surface area (Å²) in [4.78, 5) is 4.48. The second kappa shape index (κ2) is 6.02. The Kier molecular flexibility index (Phi) is 4.38. The molecule has 0 spiro atoms. The van der Waals surface area contributed by atoms with E-state index in [1.165, 1.54) is 12.1 Å². The second-order valence-corrected chi connectivity index (χ2v) is 4.52. The van der Waals surface area contributed by atoms with Gasteiger partial charge < -0.3 is 15.4 Å². The van der Waals surface area contributed by atoms with Gasteiger partial charge in [-0.05, 0) is 18.2 Å². The molecule has 2 N–H and O–H groups in total. The minimum atomic E-state index is -0.235. The number of nitrogens with two attached hydrogens (primary N) is 1. The molecule has 0 radical (unpaired) electrons. The SMILES string of the molecule is COCCN1CCN(c2cc(F)ccc2N)CC1. The molecule has 0 atom stereocenters. The van der Waals surface area contributed by atoms with Gasteiger partial charge in [0.15, 0.2) is 0 Å². The highest BCUT2D eigenvalue weighted by molar-refractivity contribution is 5.67. The van der Waals surface area contributed by atoms with Gasteiger partial charge in [-0.1, -0.05) is 0 Å². The van der Waals surface area contributed by atoms with Gasteiger partial charge >= 0.3 is 0 Å². The standard InChI is InChI=1S/C13H20FN3O/c1-18-9-8-16-4-6-17(7-5-16)13-10-11(14)2-3-12(13)15/h2-3,10H,4-9,15H2,1H3. The Morgan fingerprint density at radius 1 is 1.28 bits per heavy atom. The van der Waals surface area contributed by atoms with Crippen LogP contribution in [0.2, 0.25) is 0 Å². The van der Waals surface area contributed by atoms with Crippen molar-refractivity contribution < 1.29 is 9.13 Å². The number of rotatable bonds is 4. The molecule has 0 aromatic heterocycles. The van der Waals surface area contributed by atoms with Crippen LogP contribution in [-0.2, 0) is 4.74 Å². The summed E-state index contributed by atoms with van der Waals surface area (Å²) < 4.78 is 18.3. The van der Waals surface area contributed by atoms with Crippen molar-refractivity contribution >= 4 is 11.4 Å².